The molecule has 218 valence electrons. The summed E-state index contributed by atoms with van der Waals surface area (Å²) in [4.78, 5) is 24.8. The highest BCUT2D eigenvalue weighted by Gasteiger charge is 2.32. The van der Waals surface area contributed by atoms with E-state index in [4.69, 9.17) is 26.3 Å². The van der Waals surface area contributed by atoms with E-state index in [9.17, 15) is 9.90 Å². The Bertz CT molecular complexity index is 1780. The molecule has 0 radical (unpaired) electrons. The lowest BCUT2D eigenvalue weighted by Crippen LogP contribution is -2.31. The lowest BCUT2D eigenvalue weighted by Gasteiger charge is -2.30. The lowest BCUT2D eigenvalue weighted by molar-refractivity contribution is -0.160. The summed E-state index contributed by atoms with van der Waals surface area (Å²) in [7, 11) is 2.17. The highest BCUT2D eigenvalue weighted by atomic mass is 35.5. The predicted molar refractivity (Wildman–Crippen MR) is 171 cm³/mol. The molecule has 1 N–H and O–H groups in total. The molecule has 1 atom stereocenters. The largest absolute Gasteiger partial charge is 0.479 e. The van der Waals surface area contributed by atoms with Gasteiger partial charge in [0.2, 0.25) is 0 Å². The normalized spacial score (nSPS) is 16.0. The molecule has 0 saturated carbocycles. The summed E-state index contributed by atoms with van der Waals surface area (Å²) < 4.78 is 9.39. The van der Waals surface area contributed by atoms with Crippen molar-refractivity contribution in [2.45, 2.75) is 58.3 Å². The van der Waals surface area contributed by atoms with E-state index in [2.05, 4.69) is 34.7 Å². The van der Waals surface area contributed by atoms with Crippen LogP contribution in [0.5, 0.6) is 0 Å². The zero-order valence-electron chi connectivity index (χ0n) is 24.5. The quantitative estimate of drug-likeness (QED) is 0.211. The van der Waals surface area contributed by atoms with Crippen molar-refractivity contribution in [1.29, 1.82) is 0 Å². The van der Waals surface area contributed by atoms with Crippen molar-refractivity contribution in [2.75, 3.05) is 20.1 Å². The Labute approximate surface area is 254 Å². The second-order valence-electron chi connectivity index (χ2n) is 12.2. The molecule has 1 aliphatic heterocycles. The number of carboxylic acids is 1. The van der Waals surface area contributed by atoms with Gasteiger partial charge >= 0.3 is 5.97 Å². The van der Waals surface area contributed by atoms with Crippen LogP contribution in [0.3, 0.4) is 0 Å². The van der Waals surface area contributed by atoms with Gasteiger partial charge in [0.1, 0.15) is 5.01 Å². The maximum atomic E-state index is 12.6. The van der Waals surface area contributed by atoms with Crippen LogP contribution in [0.2, 0.25) is 5.02 Å². The third-order valence-electron chi connectivity index (χ3n) is 7.92. The predicted octanol–water partition coefficient (Wildman–Crippen LogP) is 8.15. The maximum Gasteiger partial charge on any atom is 0.337 e. The fourth-order valence-electron chi connectivity index (χ4n) is 5.89. The minimum atomic E-state index is -1.15. The molecule has 2 aromatic heterocycles. The first kappa shape index (κ1) is 28.8. The number of benzene rings is 3. The summed E-state index contributed by atoms with van der Waals surface area (Å²) in [6, 6.07) is 16.3. The van der Waals surface area contributed by atoms with Crippen molar-refractivity contribution in [3.63, 3.8) is 0 Å². The standard InChI is InChI=1S/C33H35ClN4O3S/c1-19-16-25-30(28(20-6-9-22(34)10-7-20)27(19)29(32(39)40)41-33(2,3)4)42-31(36-25)21-8-11-24-26(17-21)38(18-35-24)23-12-14-37(5)15-13-23/h6-11,16-18,23,29H,12-15H2,1-5H3,(H,39,40). The maximum absolute atomic E-state index is 12.6. The smallest absolute Gasteiger partial charge is 0.337 e. The van der Waals surface area contributed by atoms with Gasteiger partial charge in [0.25, 0.3) is 0 Å². The van der Waals surface area contributed by atoms with Crippen LogP contribution in [0.25, 0.3) is 42.9 Å². The fourth-order valence-corrected chi connectivity index (χ4v) is 7.13. The number of nitrogens with zero attached hydrogens (tertiary/aromatic N) is 4. The van der Waals surface area contributed by atoms with E-state index >= 15 is 0 Å². The average Bonchev–Trinajstić information content (AvgIpc) is 3.55. The van der Waals surface area contributed by atoms with E-state index in [0.717, 1.165) is 74.4 Å². The number of aryl methyl sites for hydroxylation is 1. The van der Waals surface area contributed by atoms with Gasteiger partial charge in [-0.25, -0.2) is 14.8 Å². The molecule has 3 aromatic carbocycles. The number of hydrogen-bond donors (Lipinski definition) is 1. The van der Waals surface area contributed by atoms with Crippen LogP contribution in [0.1, 0.15) is 56.9 Å². The highest BCUT2D eigenvalue weighted by molar-refractivity contribution is 7.22. The molecule has 1 fully saturated rings. The van der Waals surface area contributed by atoms with Crippen molar-refractivity contribution in [2.24, 2.45) is 0 Å². The SMILES string of the molecule is Cc1cc2nc(-c3ccc4ncn(C5CCN(C)CC5)c4c3)sc2c(-c2ccc(Cl)cc2)c1C(OC(C)(C)C)C(=O)O. The number of likely N-dealkylation sites (tertiary alicyclic amines) is 1. The molecule has 0 spiro atoms. The summed E-state index contributed by atoms with van der Waals surface area (Å²) in [5, 5.41) is 11.8. The second kappa shape index (κ2) is 11.1. The van der Waals surface area contributed by atoms with Crippen molar-refractivity contribution in [3.8, 4) is 21.7 Å². The Hall–Kier alpha value is -3.30. The summed E-state index contributed by atoms with van der Waals surface area (Å²) in [5.74, 6) is -1.03. The van der Waals surface area contributed by atoms with Gasteiger partial charge in [-0.2, -0.15) is 0 Å². The summed E-state index contributed by atoms with van der Waals surface area (Å²) in [6.07, 6.45) is 3.02. The van der Waals surface area contributed by atoms with Crippen LogP contribution in [0.4, 0.5) is 0 Å². The molecule has 6 rings (SSSR count). The van der Waals surface area contributed by atoms with Crippen LogP contribution < -0.4 is 0 Å². The first-order chi connectivity index (χ1) is 20.0. The molecule has 0 bridgehead atoms. The Morgan fingerprint density at radius 1 is 1.07 bits per heavy atom. The zero-order chi connectivity index (χ0) is 29.8. The molecule has 0 amide bonds. The first-order valence-corrected chi connectivity index (χ1v) is 15.4. The first-order valence-electron chi connectivity index (χ1n) is 14.2. The van der Waals surface area contributed by atoms with E-state index in [-0.39, 0.29) is 0 Å². The molecular weight excluding hydrogens is 568 g/mol. The van der Waals surface area contributed by atoms with Crippen molar-refractivity contribution in [3.05, 3.63) is 71.0 Å². The van der Waals surface area contributed by atoms with Gasteiger partial charge in [-0.05, 0) is 108 Å². The van der Waals surface area contributed by atoms with Crippen molar-refractivity contribution < 1.29 is 14.6 Å². The number of aliphatic carboxylic acids is 1. The van der Waals surface area contributed by atoms with Gasteiger partial charge in [-0.15, -0.1) is 11.3 Å². The monoisotopic (exact) mass is 602 g/mol. The van der Waals surface area contributed by atoms with E-state index in [1.54, 1.807) is 11.3 Å². The lowest BCUT2D eigenvalue weighted by atomic mass is 9.91. The van der Waals surface area contributed by atoms with Crippen molar-refractivity contribution >= 4 is 50.2 Å². The van der Waals surface area contributed by atoms with Crippen LogP contribution in [0.15, 0.2) is 54.9 Å². The van der Waals surface area contributed by atoms with Crippen LogP contribution in [-0.4, -0.2) is 56.2 Å². The van der Waals surface area contributed by atoms with Crippen LogP contribution in [0, 0.1) is 6.92 Å². The molecule has 42 heavy (non-hydrogen) atoms. The summed E-state index contributed by atoms with van der Waals surface area (Å²) >= 11 is 7.82. The number of halogens is 1. The molecule has 0 aliphatic carbocycles. The molecular formula is C33H35ClN4O3S. The number of aromatic nitrogens is 3. The zero-order valence-corrected chi connectivity index (χ0v) is 26.1. The molecule has 9 heteroatoms. The number of hydrogen-bond acceptors (Lipinski definition) is 6. The number of carboxylic acid groups (broad SMARTS) is 1. The second-order valence-corrected chi connectivity index (χ2v) is 13.6. The van der Waals surface area contributed by atoms with Gasteiger partial charge in [-0.1, -0.05) is 23.7 Å². The minimum Gasteiger partial charge on any atom is -0.479 e. The Kier molecular flexibility index (Phi) is 7.60. The Morgan fingerprint density at radius 2 is 1.76 bits per heavy atom. The highest BCUT2D eigenvalue weighted by Crippen LogP contribution is 2.44. The number of carbonyl (C=O) groups is 1. The van der Waals surface area contributed by atoms with Gasteiger partial charge in [-0.3, -0.25) is 0 Å². The van der Waals surface area contributed by atoms with Gasteiger partial charge in [0.05, 0.1) is 33.2 Å². The number of ether oxygens (including phenoxy) is 1. The number of piperidine rings is 1. The Morgan fingerprint density at radius 3 is 2.43 bits per heavy atom. The van der Waals surface area contributed by atoms with Crippen LogP contribution >= 0.6 is 22.9 Å². The van der Waals surface area contributed by atoms with E-state index in [1.807, 2.05) is 64.4 Å². The summed E-state index contributed by atoms with van der Waals surface area (Å²) in [6.45, 7) is 9.70. The Balaban J connectivity index is 1.52. The van der Waals surface area contributed by atoms with Crippen LogP contribution in [-0.2, 0) is 9.53 Å². The van der Waals surface area contributed by atoms with Gasteiger partial charge in [0.15, 0.2) is 6.10 Å². The molecule has 7 nitrogen and oxygen atoms in total. The van der Waals surface area contributed by atoms with E-state index in [1.165, 1.54) is 0 Å². The number of fused-ring (bicyclic) bond motifs is 2. The minimum absolute atomic E-state index is 0.425. The third-order valence-corrected chi connectivity index (χ3v) is 9.31. The fraction of sp³-hybridized carbons (Fsp3) is 0.364. The topological polar surface area (TPSA) is 80.5 Å². The van der Waals surface area contributed by atoms with E-state index in [0.29, 0.717) is 16.6 Å². The number of imidazole rings is 1. The average molecular weight is 603 g/mol. The van der Waals surface area contributed by atoms with Crippen molar-refractivity contribution in [1.82, 2.24) is 19.4 Å². The molecule has 1 unspecified atom stereocenters. The molecule has 5 aromatic rings. The van der Waals surface area contributed by atoms with Gasteiger partial charge in [0, 0.05) is 27.8 Å². The molecule has 1 aliphatic rings. The molecule has 3 heterocycles. The van der Waals surface area contributed by atoms with Gasteiger partial charge < -0.3 is 19.3 Å². The van der Waals surface area contributed by atoms with E-state index < -0.39 is 17.7 Å². The summed E-state index contributed by atoms with van der Waals surface area (Å²) in [5.41, 5.74) is 6.41. The third kappa shape index (κ3) is 5.56. The molecule has 1 saturated heterocycles. The number of rotatable bonds is 6. The number of thiazole rings is 1.